The Kier molecular flexibility index (Phi) is 7.93. The number of benzene rings is 1. The number of phenols is 1. The van der Waals surface area contributed by atoms with E-state index in [0.29, 0.717) is 48.2 Å². The molecule has 2 fully saturated rings. The van der Waals surface area contributed by atoms with Crippen molar-refractivity contribution in [3.05, 3.63) is 57.9 Å². The molecule has 0 radical (unpaired) electrons. The van der Waals surface area contributed by atoms with Crippen LogP contribution in [0.3, 0.4) is 0 Å². The molecule has 6 atom stereocenters. The molecule has 7 rings (SSSR count). The van der Waals surface area contributed by atoms with E-state index in [1.807, 2.05) is 40.7 Å². The van der Waals surface area contributed by atoms with E-state index in [4.69, 9.17) is 18.9 Å². The van der Waals surface area contributed by atoms with Gasteiger partial charge in [-0.15, -0.1) is 0 Å². The molecule has 3 aliphatic heterocycles. The van der Waals surface area contributed by atoms with Crippen LogP contribution in [0, 0.1) is 11.8 Å². The summed E-state index contributed by atoms with van der Waals surface area (Å²) in [6, 6.07) is 0. The van der Waals surface area contributed by atoms with Crippen molar-refractivity contribution in [3.8, 4) is 17.2 Å². The van der Waals surface area contributed by atoms with Crippen LogP contribution in [-0.4, -0.2) is 67.5 Å². The van der Waals surface area contributed by atoms with E-state index in [0.717, 1.165) is 5.57 Å². The Balaban J connectivity index is 1.55. The van der Waals surface area contributed by atoms with Gasteiger partial charge in [0.2, 0.25) is 0 Å². The summed E-state index contributed by atoms with van der Waals surface area (Å²) in [7, 11) is 0. The highest BCUT2D eigenvalue weighted by Crippen LogP contribution is 2.68. The average molecular weight is 663 g/mol. The maximum Gasteiger partial charge on any atom is 0.298 e. The molecule has 48 heavy (non-hydrogen) atoms. The zero-order valence-corrected chi connectivity index (χ0v) is 28.9. The highest BCUT2D eigenvalue weighted by Gasteiger charge is 2.81. The van der Waals surface area contributed by atoms with Gasteiger partial charge < -0.3 is 34.3 Å². The van der Waals surface area contributed by atoms with Gasteiger partial charge in [-0.25, -0.2) is 0 Å². The van der Waals surface area contributed by atoms with Crippen LogP contribution in [0.15, 0.2) is 41.2 Å². The summed E-state index contributed by atoms with van der Waals surface area (Å²) in [5, 5.41) is 32.7. The fraction of sp³-hybridized carbons (Fsp3) is 0.553. The predicted octanol–water partition coefficient (Wildman–Crippen LogP) is 5.45. The number of Topliss-reactive ketones (excluding diaryl/α,β-unsaturated/α-hetero) is 2. The van der Waals surface area contributed by atoms with Gasteiger partial charge in [-0.05, 0) is 99.3 Å². The van der Waals surface area contributed by atoms with Gasteiger partial charge >= 0.3 is 0 Å². The van der Waals surface area contributed by atoms with Crippen molar-refractivity contribution < 1.29 is 48.7 Å². The smallest absolute Gasteiger partial charge is 0.298 e. The number of ether oxygens (including phenoxy) is 4. The monoisotopic (exact) mass is 662 g/mol. The van der Waals surface area contributed by atoms with Crippen molar-refractivity contribution in [1.82, 2.24) is 0 Å². The molecule has 1 aromatic rings. The van der Waals surface area contributed by atoms with Gasteiger partial charge in [-0.1, -0.05) is 17.7 Å². The van der Waals surface area contributed by atoms with Crippen molar-refractivity contribution in [1.29, 1.82) is 0 Å². The Labute approximate surface area is 281 Å². The second-order valence-electron chi connectivity index (χ2n) is 15.5. The molecule has 4 bridgehead atoms. The summed E-state index contributed by atoms with van der Waals surface area (Å²) in [5.41, 5.74) is -4.01. The molecule has 258 valence electrons. The molecular weight excluding hydrogens is 616 g/mol. The van der Waals surface area contributed by atoms with Crippen LogP contribution in [0.5, 0.6) is 17.2 Å². The van der Waals surface area contributed by atoms with Crippen LogP contribution in [0.25, 0.3) is 6.08 Å². The first-order valence-corrected chi connectivity index (χ1v) is 16.6. The molecule has 10 nitrogen and oxygen atoms in total. The fourth-order valence-corrected chi connectivity index (χ4v) is 8.33. The summed E-state index contributed by atoms with van der Waals surface area (Å²) >= 11 is 0. The van der Waals surface area contributed by atoms with E-state index >= 15 is 0 Å². The number of phenolic OH excluding ortho intramolecular Hbond substituents is 1. The van der Waals surface area contributed by atoms with Gasteiger partial charge in [0, 0.05) is 29.4 Å². The van der Waals surface area contributed by atoms with Crippen molar-refractivity contribution in [2.24, 2.45) is 11.8 Å². The van der Waals surface area contributed by atoms with E-state index in [9.17, 15) is 29.7 Å². The third-order valence-electron chi connectivity index (χ3n) is 10.9. The van der Waals surface area contributed by atoms with Gasteiger partial charge in [0.1, 0.15) is 34.2 Å². The maximum atomic E-state index is 14.8. The van der Waals surface area contributed by atoms with Gasteiger partial charge in [-0.3, -0.25) is 14.4 Å². The second-order valence-corrected chi connectivity index (χ2v) is 15.5. The summed E-state index contributed by atoms with van der Waals surface area (Å²) < 4.78 is 25.6. The highest BCUT2D eigenvalue weighted by molar-refractivity contribution is 6.19. The quantitative estimate of drug-likeness (QED) is 0.168. The van der Waals surface area contributed by atoms with Gasteiger partial charge in [0.15, 0.2) is 22.8 Å². The standard InChI is InChI=1S/C38H46O10/c1-20(2)9-10-24-31-23(12-14-36(8,46-31)15-13-27(40)34(4,5)44)29(41)28-30(42)25-17-22-18-26-35(6,7)48-37(33(22)43,16-11-21(3)45-19-39)38(25,26)47-32(24)28/h9,11-12,14,17,19,22,26-27,40-41,44H,10,13,15-16,18H2,1-8H3/t22-,26?,27?,36-,37?,38-/m1/s1. The number of hydrogen-bond donors (Lipinski definition) is 3. The first-order valence-electron chi connectivity index (χ1n) is 16.6. The zero-order valence-electron chi connectivity index (χ0n) is 28.9. The summed E-state index contributed by atoms with van der Waals surface area (Å²) in [4.78, 5) is 40.2. The van der Waals surface area contributed by atoms with Crippen LogP contribution in [0.4, 0.5) is 0 Å². The third kappa shape index (κ3) is 4.90. The second kappa shape index (κ2) is 11.1. The lowest BCUT2D eigenvalue weighted by Crippen LogP contribution is -2.72. The zero-order chi connectivity index (χ0) is 35.2. The van der Waals surface area contributed by atoms with Crippen molar-refractivity contribution in [2.45, 2.75) is 122 Å². The molecular formula is C38H46O10. The molecule has 10 heteroatoms. The lowest BCUT2D eigenvalue weighted by molar-refractivity contribution is -0.171. The average Bonchev–Trinajstić information content (AvgIpc) is 3.15. The molecule has 3 heterocycles. The molecule has 3 aliphatic carbocycles. The highest BCUT2D eigenvalue weighted by atomic mass is 16.6. The van der Waals surface area contributed by atoms with Crippen LogP contribution < -0.4 is 9.47 Å². The van der Waals surface area contributed by atoms with Gasteiger partial charge in [0.05, 0.1) is 22.9 Å². The molecule has 1 saturated heterocycles. The predicted molar refractivity (Wildman–Crippen MR) is 177 cm³/mol. The third-order valence-corrected chi connectivity index (χ3v) is 10.9. The van der Waals surface area contributed by atoms with Crippen LogP contribution in [0.2, 0.25) is 0 Å². The largest absolute Gasteiger partial charge is 0.506 e. The molecule has 0 aromatic heterocycles. The van der Waals surface area contributed by atoms with E-state index in [2.05, 4.69) is 0 Å². The van der Waals surface area contributed by atoms with Crippen LogP contribution in [-0.2, 0) is 25.5 Å². The van der Waals surface area contributed by atoms with E-state index in [1.165, 1.54) is 0 Å². The minimum Gasteiger partial charge on any atom is -0.506 e. The number of hydrogen-bond acceptors (Lipinski definition) is 10. The fourth-order valence-electron chi connectivity index (χ4n) is 8.33. The Morgan fingerprint density at radius 1 is 1.12 bits per heavy atom. The number of carbonyl (C=O) groups is 3. The Bertz CT molecular complexity index is 1720. The Hall–Kier alpha value is -3.73. The molecule has 0 amide bonds. The Morgan fingerprint density at radius 3 is 2.48 bits per heavy atom. The number of ketones is 2. The Morgan fingerprint density at radius 2 is 1.83 bits per heavy atom. The minimum absolute atomic E-state index is 0.00293. The molecule has 1 saturated carbocycles. The number of rotatable bonds is 10. The SMILES string of the molecule is CC(C)=CCc1c2c(c(O)c3c1O[C@]14C(=C[C@@H]5CC1C(C)(C)OC4(CC=C(C)OC=O)C5=O)C3=O)C=C[C@](C)(CCC(O)C(C)(C)O)O2. The molecule has 3 unspecified atom stereocenters. The van der Waals surface area contributed by atoms with Crippen molar-refractivity contribution >= 4 is 24.1 Å². The lowest BCUT2D eigenvalue weighted by Gasteiger charge is -2.56. The first-order chi connectivity index (χ1) is 22.3. The number of carbonyl (C=O) groups excluding carboxylic acids is 3. The molecule has 1 spiro atoms. The summed E-state index contributed by atoms with van der Waals surface area (Å²) in [5.74, 6) is -1.11. The number of aromatic hydroxyl groups is 1. The first kappa shape index (κ1) is 34.1. The topological polar surface area (TPSA) is 149 Å². The molecule has 3 N–H and O–H groups in total. The molecule has 1 aromatic carbocycles. The van der Waals surface area contributed by atoms with Crippen molar-refractivity contribution in [3.63, 3.8) is 0 Å². The van der Waals surface area contributed by atoms with Gasteiger partial charge in [0.25, 0.3) is 6.47 Å². The van der Waals surface area contributed by atoms with E-state index in [1.54, 1.807) is 45.1 Å². The number of allylic oxidation sites excluding steroid dienone is 4. The number of aliphatic hydroxyl groups excluding tert-OH is 1. The summed E-state index contributed by atoms with van der Waals surface area (Å²) in [6.45, 7) is 14.6. The minimum atomic E-state index is -1.60. The van der Waals surface area contributed by atoms with Crippen LogP contribution >= 0.6 is 0 Å². The maximum absolute atomic E-state index is 14.8. The molecule has 6 aliphatic rings. The van der Waals surface area contributed by atoms with Crippen LogP contribution in [0.1, 0.15) is 103 Å². The van der Waals surface area contributed by atoms with Gasteiger partial charge in [-0.2, -0.15) is 0 Å². The van der Waals surface area contributed by atoms with E-state index in [-0.39, 0.29) is 41.4 Å². The van der Waals surface area contributed by atoms with Crippen molar-refractivity contribution in [2.75, 3.05) is 0 Å². The lowest BCUT2D eigenvalue weighted by atomic mass is 9.51. The van der Waals surface area contributed by atoms with E-state index < -0.39 is 51.7 Å². The number of fused-ring (bicyclic) bond motifs is 2. The summed E-state index contributed by atoms with van der Waals surface area (Å²) in [6.07, 6.45) is 9.15. The normalized spacial score (nSPS) is 31.5. The number of aliphatic hydroxyl groups is 2.